The zero-order valence-electron chi connectivity index (χ0n) is 18.0. The average molecular weight is 400 g/mol. The van der Waals surface area contributed by atoms with E-state index >= 15 is 0 Å². The maximum atomic E-state index is 12.4. The molecule has 1 unspecified atom stereocenters. The van der Waals surface area contributed by atoms with Crippen LogP contribution in [0.3, 0.4) is 0 Å². The van der Waals surface area contributed by atoms with Gasteiger partial charge in [0.15, 0.2) is 0 Å². The Labute approximate surface area is 176 Å². The molecule has 3 aliphatic heterocycles. The Morgan fingerprint density at radius 3 is 2.38 bits per heavy atom. The number of hydrogen-bond acceptors (Lipinski definition) is 4. The van der Waals surface area contributed by atoms with Crippen molar-refractivity contribution in [3.8, 4) is 5.75 Å². The molecule has 0 aromatic heterocycles. The highest BCUT2D eigenvalue weighted by Gasteiger charge is 2.29. The van der Waals surface area contributed by atoms with Crippen LogP contribution >= 0.6 is 0 Å². The Morgan fingerprint density at radius 2 is 1.69 bits per heavy atom. The Kier molecular flexibility index (Phi) is 6.96. The summed E-state index contributed by atoms with van der Waals surface area (Å²) in [5, 5.41) is 0. The number of hydrogen-bond donors (Lipinski definition) is 0. The summed E-state index contributed by atoms with van der Waals surface area (Å²) in [4.78, 5) is 19.7. The van der Waals surface area contributed by atoms with Crippen LogP contribution in [0.4, 0.5) is 5.69 Å². The van der Waals surface area contributed by atoms with Crippen molar-refractivity contribution < 1.29 is 9.53 Å². The summed E-state index contributed by atoms with van der Waals surface area (Å²) in [6.45, 7) is 6.67. The van der Waals surface area contributed by atoms with Crippen LogP contribution in [0, 0.1) is 5.92 Å². The normalized spacial score (nSPS) is 24.1. The van der Waals surface area contributed by atoms with Crippen LogP contribution in [-0.2, 0) is 4.79 Å². The fourth-order valence-electron chi connectivity index (χ4n) is 5.40. The van der Waals surface area contributed by atoms with E-state index in [0.717, 1.165) is 44.8 Å². The fourth-order valence-corrected chi connectivity index (χ4v) is 5.40. The first kappa shape index (κ1) is 20.5. The van der Waals surface area contributed by atoms with Gasteiger partial charge in [0, 0.05) is 50.9 Å². The van der Waals surface area contributed by atoms with E-state index in [9.17, 15) is 4.79 Å². The molecule has 3 saturated heterocycles. The molecule has 1 aromatic carbocycles. The van der Waals surface area contributed by atoms with E-state index in [1.165, 1.54) is 57.3 Å². The Bertz CT molecular complexity index is 649. The minimum atomic E-state index is 0.396. The molecule has 160 valence electrons. The van der Waals surface area contributed by atoms with Crippen LogP contribution in [-0.4, -0.2) is 68.1 Å². The predicted molar refractivity (Wildman–Crippen MR) is 118 cm³/mol. The minimum absolute atomic E-state index is 0.396. The van der Waals surface area contributed by atoms with Crippen LogP contribution in [0.2, 0.25) is 0 Å². The smallest absolute Gasteiger partial charge is 0.222 e. The maximum absolute atomic E-state index is 12.4. The first-order valence-electron chi connectivity index (χ1n) is 11.6. The van der Waals surface area contributed by atoms with E-state index in [1.54, 1.807) is 7.11 Å². The molecule has 0 saturated carbocycles. The van der Waals surface area contributed by atoms with E-state index in [4.69, 9.17) is 4.74 Å². The van der Waals surface area contributed by atoms with Gasteiger partial charge in [-0.3, -0.25) is 9.69 Å². The number of likely N-dealkylation sites (tertiary alicyclic amines) is 2. The van der Waals surface area contributed by atoms with Crippen molar-refractivity contribution in [1.82, 2.24) is 9.80 Å². The summed E-state index contributed by atoms with van der Waals surface area (Å²) in [6, 6.07) is 9.17. The number of ether oxygens (including phenoxy) is 1. The highest BCUT2D eigenvalue weighted by Crippen LogP contribution is 2.29. The zero-order valence-corrected chi connectivity index (χ0v) is 18.0. The quantitative estimate of drug-likeness (QED) is 0.729. The number of methoxy groups -OCH3 is 1. The molecule has 1 amide bonds. The minimum Gasteiger partial charge on any atom is -0.497 e. The van der Waals surface area contributed by atoms with Crippen LogP contribution in [0.25, 0.3) is 0 Å². The second-order valence-electron chi connectivity index (χ2n) is 9.05. The number of carbonyl (C=O) groups is 1. The second kappa shape index (κ2) is 9.84. The van der Waals surface area contributed by atoms with Crippen LogP contribution in [0.5, 0.6) is 5.75 Å². The lowest BCUT2D eigenvalue weighted by atomic mass is 9.90. The first-order chi connectivity index (χ1) is 14.2. The molecule has 3 heterocycles. The van der Waals surface area contributed by atoms with E-state index in [-0.39, 0.29) is 0 Å². The van der Waals surface area contributed by atoms with Crippen molar-refractivity contribution in [1.29, 1.82) is 0 Å². The van der Waals surface area contributed by atoms with Crippen LogP contribution in [0.1, 0.15) is 51.4 Å². The third-order valence-corrected chi connectivity index (χ3v) is 7.19. The fraction of sp³-hybridized carbons (Fsp3) is 0.708. The molecule has 0 N–H and O–H groups in total. The molecule has 29 heavy (non-hydrogen) atoms. The van der Waals surface area contributed by atoms with Gasteiger partial charge < -0.3 is 14.5 Å². The SMILES string of the molecule is COc1ccc(N2CCC(N3CCCC(CCC(=O)N4CCCC4)C3)CC2)cc1. The average Bonchev–Trinajstić information content (AvgIpc) is 3.33. The third kappa shape index (κ3) is 5.25. The Morgan fingerprint density at radius 1 is 0.966 bits per heavy atom. The van der Waals surface area contributed by atoms with Gasteiger partial charge in [-0.05, 0) is 81.7 Å². The Balaban J connectivity index is 1.22. The maximum Gasteiger partial charge on any atom is 0.222 e. The van der Waals surface area contributed by atoms with Crippen molar-refractivity contribution in [2.75, 3.05) is 51.3 Å². The number of rotatable bonds is 6. The van der Waals surface area contributed by atoms with E-state index in [0.29, 0.717) is 17.9 Å². The van der Waals surface area contributed by atoms with Gasteiger partial charge >= 0.3 is 0 Å². The molecule has 3 aliphatic rings. The summed E-state index contributed by atoms with van der Waals surface area (Å²) in [6.07, 6.45) is 9.30. The van der Waals surface area contributed by atoms with Gasteiger partial charge in [0.25, 0.3) is 0 Å². The van der Waals surface area contributed by atoms with E-state index < -0.39 is 0 Å². The number of piperidine rings is 2. The molecule has 3 fully saturated rings. The second-order valence-corrected chi connectivity index (χ2v) is 9.05. The van der Waals surface area contributed by atoms with E-state index in [1.807, 2.05) is 0 Å². The summed E-state index contributed by atoms with van der Waals surface area (Å²) in [5.74, 6) is 2.02. The number of benzene rings is 1. The predicted octanol–water partition coefficient (Wildman–Crippen LogP) is 3.78. The number of carbonyl (C=O) groups excluding carboxylic acids is 1. The first-order valence-corrected chi connectivity index (χ1v) is 11.6. The van der Waals surface area contributed by atoms with Gasteiger partial charge in [-0.25, -0.2) is 0 Å². The lowest BCUT2D eigenvalue weighted by Gasteiger charge is -2.43. The topological polar surface area (TPSA) is 36.0 Å². The number of amides is 1. The summed E-state index contributed by atoms with van der Waals surface area (Å²) >= 11 is 0. The van der Waals surface area contributed by atoms with Gasteiger partial charge in [-0.2, -0.15) is 0 Å². The monoisotopic (exact) mass is 399 g/mol. The van der Waals surface area contributed by atoms with Gasteiger partial charge in [-0.1, -0.05) is 0 Å². The zero-order chi connectivity index (χ0) is 20.1. The molecule has 5 heteroatoms. The van der Waals surface area contributed by atoms with Crippen LogP contribution < -0.4 is 9.64 Å². The van der Waals surface area contributed by atoms with Crippen LogP contribution in [0.15, 0.2) is 24.3 Å². The highest BCUT2D eigenvalue weighted by molar-refractivity contribution is 5.76. The standard InChI is InChI=1S/C24H37N3O2/c1-29-23-9-7-21(8-10-23)25-17-12-22(13-18-25)27-16-4-5-20(19-27)6-11-24(28)26-14-2-3-15-26/h7-10,20,22H,2-6,11-19H2,1H3. The third-order valence-electron chi connectivity index (χ3n) is 7.19. The van der Waals surface area contributed by atoms with Crippen molar-refractivity contribution in [2.45, 2.75) is 57.4 Å². The molecule has 1 atom stereocenters. The highest BCUT2D eigenvalue weighted by atomic mass is 16.5. The lowest BCUT2D eigenvalue weighted by Crippen LogP contribution is -2.48. The van der Waals surface area contributed by atoms with Gasteiger partial charge in [0.05, 0.1) is 7.11 Å². The van der Waals surface area contributed by atoms with E-state index in [2.05, 4.69) is 39.0 Å². The van der Waals surface area contributed by atoms with Crippen molar-refractivity contribution >= 4 is 11.6 Å². The molecule has 5 nitrogen and oxygen atoms in total. The summed E-state index contributed by atoms with van der Waals surface area (Å²) in [5.41, 5.74) is 1.31. The summed E-state index contributed by atoms with van der Waals surface area (Å²) in [7, 11) is 1.72. The van der Waals surface area contributed by atoms with Gasteiger partial charge in [-0.15, -0.1) is 0 Å². The molecule has 4 rings (SSSR count). The van der Waals surface area contributed by atoms with Crippen molar-refractivity contribution in [2.24, 2.45) is 5.92 Å². The molecule has 0 spiro atoms. The van der Waals surface area contributed by atoms with Crippen molar-refractivity contribution in [3.05, 3.63) is 24.3 Å². The largest absolute Gasteiger partial charge is 0.497 e. The molecule has 1 aromatic rings. The molecule has 0 radical (unpaired) electrons. The molecular formula is C24H37N3O2. The molecule has 0 aliphatic carbocycles. The number of anilines is 1. The number of nitrogens with zero attached hydrogens (tertiary/aromatic N) is 3. The molecular weight excluding hydrogens is 362 g/mol. The Hall–Kier alpha value is -1.75. The van der Waals surface area contributed by atoms with Gasteiger partial charge in [0.2, 0.25) is 5.91 Å². The van der Waals surface area contributed by atoms with Gasteiger partial charge in [0.1, 0.15) is 5.75 Å². The van der Waals surface area contributed by atoms with Crippen molar-refractivity contribution in [3.63, 3.8) is 0 Å². The lowest BCUT2D eigenvalue weighted by molar-refractivity contribution is -0.130. The molecule has 0 bridgehead atoms. The summed E-state index contributed by atoms with van der Waals surface area (Å²) < 4.78 is 5.28.